The Labute approximate surface area is 132 Å². The van der Waals surface area contributed by atoms with Crippen LogP contribution in [-0.4, -0.2) is 51.3 Å². The fourth-order valence-electron chi connectivity index (χ4n) is 3.72. The lowest BCUT2D eigenvalue weighted by Crippen LogP contribution is -2.45. The number of rotatable bonds is 10. The zero-order valence-corrected chi connectivity index (χ0v) is 14.9. The Kier molecular flexibility index (Phi) is 9.54. The van der Waals surface area contributed by atoms with Crippen LogP contribution in [0, 0.1) is 5.41 Å². The number of ether oxygens (including phenoxy) is 1. The van der Waals surface area contributed by atoms with Crippen LogP contribution in [0.15, 0.2) is 0 Å². The molecule has 1 saturated carbocycles. The van der Waals surface area contributed by atoms with Crippen molar-refractivity contribution >= 4 is 0 Å². The number of hydrogen-bond acceptors (Lipinski definition) is 3. The monoisotopic (exact) mass is 298 g/mol. The van der Waals surface area contributed by atoms with E-state index < -0.39 is 0 Å². The van der Waals surface area contributed by atoms with Crippen LogP contribution in [0.2, 0.25) is 0 Å². The number of nitrogens with zero attached hydrogens (tertiary/aromatic N) is 1. The molecule has 0 heterocycles. The molecular formula is C18H38N2O. The van der Waals surface area contributed by atoms with Crippen molar-refractivity contribution in [3.05, 3.63) is 0 Å². The third-order valence-electron chi connectivity index (χ3n) is 5.19. The van der Waals surface area contributed by atoms with E-state index in [9.17, 15) is 0 Å². The van der Waals surface area contributed by atoms with Crippen molar-refractivity contribution in [3.8, 4) is 0 Å². The third-order valence-corrected chi connectivity index (χ3v) is 5.19. The predicted octanol–water partition coefficient (Wildman–Crippen LogP) is 3.68. The molecule has 0 amide bonds. The summed E-state index contributed by atoms with van der Waals surface area (Å²) in [6.07, 6.45) is 11.0. The molecule has 1 rings (SSSR count). The Morgan fingerprint density at radius 2 is 1.86 bits per heavy atom. The predicted molar refractivity (Wildman–Crippen MR) is 91.9 cm³/mol. The second-order valence-electron chi connectivity index (χ2n) is 7.14. The molecule has 0 aliphatic heterocycles. The zero-order valence-electron chi connectivity index (χ0n) is 14.9. The average Bonchev–Trinajstić information content (AvgIpc) is 2.70. The molecule has 1 N–H and O–H groups in total. The molecular weight excluding hydrogens is 260 g/mol. The minimum atomic E-state index is 0.473. The third kappa shape index (κ3) is 7.12. The van der Waals surface area contributed by atoms with E-state index in [1.807, 2.05) is 0 Å². The van der Waals surface area contributed by atoms with Crippen molar-refractivity contribution in [1.29, 1.82) is 0 Å². The molecule has 126 valence electrons. The maximum absolute atomic E-state index is 5.17. The summed E-state index contributed by atoms with van der Waals surface area (Å²) in [5.74, 6) is 0. The summed E-state index contributed by atoms with van der Waals surface area (Å²) in [5.41, 5.74) is 0.473. The van der Waals surface area contributed by atoms with Crippen molar-refractivity contribution in [2.75, 3.05) is 40.4 Å². The quantitative estimate of drug-likeness (QED) is 0.492. The van der Waals surface area contributed by atoms with Crippen LogP contribution in [-0.2, 0) is 4.74 Å². The highest BCUT2D eigenvalue weighted by Gasteiger charge is 2.32. The van der Waals surface area contributed by atoms with Gasteiger partial charge in [-0.15, -0.1) is 0 Å². The number of hydrogen-bond donors (Lipinski definition) is 1. The topological polar surface area (TPSA) is 24.5 Å². The van der Waals surface area contributed by atoms with Crippen LogP contribution >= 0.6 is 0 Å². The molecule has 1 atom stereocenters. The van der Waals surface area contributed by atoms with Crippen LogP contribution in [0.3, 0.4) is 0 Å². The minimum Gasteiger partial charge on any atom is -0.383 e. The van der Waals surface area contributed by atoms with Gasteiger partial charge in [0.25, 0.3) is 0 Å². The largest absolute Gasteiger partial charge is 0.383 e. The Bertz CT molecular complexity index is 250. The average molecular weight is 299 g/mol. The SMILES string of the molecule is CCCC(C)N(C)CC1(CNCCOC)CCCCCC1. The van der Waals surface area contributed by atoms with Gasteiger partial charge in [-0.25, -0.2) is 0 Å². The molecule has 0 radical (unpaired) electrons. The summed E-state index contributed by atoms with van der Waals surface area (Å²) in [6, 6.07) is 0.703. The van der Waals surface area contributed by atoms with Gasteiger partial charge in [-0.1, -0.05) is 39.0 Å². The van der Waals surface area contributed by atoms with E-state index in [4.69, 9.17) is 4.74 Å². The second-order valence-corrected chi connectivity index (χ2v) is 7.14. The van der Waals surface area contributed by atoms with E-state index in [2.05, 4.69) is 31.1 Å². The van der Waals surface area contributed by atoms with Crippen LogP contribution in [0.25, 0.3) is 0 Å². The summed E-state index contributed by atoms with van der Waals surface area (Å²) in [6.45, 7) is 8.86. The van der Waals surface area contributed by atoms with Crippen LogP contribution < -0.4 is 5.32 Å². The first kappa shape index (κ1) is 18.9. The van der Waals surface area contributed by atoms with Gasteiger partial charge in [0.1, 0.15) is 0 Å². The summed E-state index contributed by atoms with van der Waals surface area (Å²) in [5, 5.41) is 3.65. The maximum Gasteiger partial charge on any atom is 0.0587 e. The van der Waals surface area contributed by atoms with E-state index >= 15 is 0 Å². The normalized spacial score (nSPS) is 20.4. The minimum absolute atomic E-state index is 0.473. The first-order chi connectivity index (χ1) is 10.1. The molecule has 0 aromatic carbocycles. The molecule has 3 heteroatoms. The Hall–Kier alpha value is -0.120. The lowest BCUT2D eigenvalue weighted by molar-refractivity contribution is 0.113. The van der Waals surface area contributed by atoms with Gasteiger partial charge in [-0.3, -0.25) is 0 Å². The highest BCUT2D eigenvalue weighted by Crippen LogP contribution is 2.35. The van der Waals surface area contributed by atoms with Crippen molar-refractivity contribution in [2.24, 2.45) is 5.41 Å². The highest BCUT2D eigenvalue weighted by atomic mass is 16.5. The lowest BCUT2D eigenvalue weighted by atomic mass is 9.79. The molecule has 1 unspecified atom stereocenters. The smallest absolute Gasteiger partial charge is 0.0587 e. The first-order valence-electron chi connectivity index (χ1n) is 9.03. The summed E-state index contributed by atoms with van der Waals surface area (Å²) >= 11 is 0. The van der Waals surface area contributed by atoms with Crippen molar-refractivity contribution in [3.63, 3.8) is 0 Å². The Morgan fingerprint density at radius 1 is 1.19 bits per heavy atom. The van der Waals surface area contributed by atoms with Crippen molar-refractivity contribution in [1.82, 2.24) is 10.2 Å². The molecule has 21 heavy (non-hydrogen) atoms. The fraction of sp³-hybridized carbons (Fsp3) is 1.00. The molecule has 0 bridgehead atoms. The van der Waals surface area contributed by atoms with Crippen molar-refractivity contribution < 1.29 is 4.74 Å². The molecule has 1 aliphatic rings. The standard InChI is InChI=1S/C18H38N2O/c1-5-10-17(2)20(3)16-18(15-19-13-14-21-4)11-8-6-7-9-12-18/h17,19H,5-16H2,1-4H3. The van der Waals surface area contributed by atoms with E-state index in [0.29, 0.717) is 11.5 Å². The number of methoxy groups -OCH3 is 1. The van der Waals surface area contributed by atoms with Gasteiger partial charge in [0.15, 0.2) is 0 Å². The van der Waals surface area contributed by atoms with E-state index in [-0.39, 0.29) is 0 Å². The van der Waals surface area contributed by atoms with Gasteiger partial charge in [0.2, 0.25) is 0 Å². The first-order valence-corrected chi connectivity index (χ1v) is 9.03. The molecule has 1 fully saturated rings. The maximum atomic E-state index is 5.17. The summed E-state index contributed by atoms with van der Waals surface area (Å²) in [7, 11) is 4.10. The fourth-order valence-corrected chi connectivity index (χ4v) is 3.72. The summed E-state index contributed by atoms with van der Waals surface area (Å²) < 4.78 is 5.17. The lowest BCUT2D eigenvalue weighted by Gasteiger charge is -2.39. The number of nitrogens with one attached hydrogen (secondary N) is 1. The van der Waals surface area contributed by atoms with E-state index in [1.54, 1.807) is 7.11 Å². The Morgan fingerprint density at radius 3 is 2.43 bits per heavy atom. The highest BCUT2D eigenvalue weighted by molar-refractivity contribution is 4.87. The van der Waals surface area contributed by atoms with E-state index in [0.717, 1.165) is 19.7 Å². The zero-order chi connectivity index (χ0) is 15.6. The van der Waals surface area contributed by atoms with Gasteiger partial charge in [-0.2, -0.15) is 0 Å². The molecule has 0 aromatic heterocycles. The second kappa shape index (κ2) is 10.6. The van der Waals surface area contributed by atoms with Crippen LogP contribution in [0.5, 0.6) is 0 Å². The Balaban J connectivity index is 2.57. The molecule has 1 aliphatic carbocycles. The van der Waals surface area contributed by atoms with Gasteiger partial charge >= 0.3 is 0 Å². The van der Waals surface area contributed by atoms with Gasteiger partial charge in [-0.05, 0) is 38.6 Å². The van der Waals surface area contributed by atoms with Gasteiger partial charge in [0, 0.05) is 32.8 Å². The molecule has 0 saturated heterocycles. The van der Waals surface area contributed by atoms with Crippen LogP contribution in [0.4, 0.5) is 0 Å². The van der Waals surface area contributed by atoms with Gasteiger partial charge < -0.3 is 15.0 Å². The van der Waals surface area contributed by atoms with Crippen LogP contribution in [0.1, 0.15) is 65.2 Å². The van der Waals surface area contributed by atoms with Gasteiger partial charge in [0.05, 0.1) is 6.61 Å². The molecule has 0 spiro atoms. The van der Waals surface area contributed by atoms with E-state index in [1.165, 1.54) is 57.9 Å². The molecule has 0 aromatic rings. The molecule has 3 nitrogen and oxygen atoms in total. The summed E-state index contributed by atoms with van der Waals surface area (Å²) in [4.78, 5) is 2.60. The van der Waals surface area contributed by atoms with Crippen molar-refractivity contribution in [2.45, 2.75) is 71.3 Å².